The van der Waals surface area contributed by atoms with Crippen molar-refractivity contribution in [3.8, 4) is 0 Å². The van der Waals surface area contributed by atoms with Crippen molar-refractivity contribution < 1.29 is 10.0 Å². The Labute approximate surface area is 94.5 Å². The predicted molar refractivity (Wildman–Crippen MR) is 64.1 cm³/mol. The molecule has 5 heteroatoms. The maximum atomic E-state index is 9.20. The molecular weight excluding hydrogens is 263 g/mol. The Kier molecular flexibility index (Phi) is 2.66. The number of aryl methyl sites for hydroxylation is 1. The van der Waals surface area contributed by atoms with Crippen molar-refractivity contribution in [3.63, 3.8) is 0 Å². The standard InChI is InChI=1S/C9H8BBrO2S/c1-5-2-6-8(11)4-14-9(6)7(3-5)10(12)13/h2-4,12-13H,1H3. The number of fused-ring (bicyclic) bond motifs is 1. The van der Waals surface area contributed by atoms with E-state index in [4.69, 9.17) is 0 Å². The molecule has 0 aliphatic heterocycles. The summed E-state index contributed by atoms with van der Waals surface area (Å²) in [5.41, 5.74) is 1.61. The van der Waals surface area contributed by atoms with Gasteiger partial charge >= 0.3 is 7.12 Å². The number of rotatable bonds is 1. The highest BCUT2D eigenvalue weighted by Gasteiger charge is 2.17. The van der Waals surface area contributed by atoms with Crippen LogP contribution in [0.15, 0.2) is 22.0 Å². The molecule has 0 saturated carbocycles. The molecule has 0 aliphatic rings. The van der Waals surface area contributed by atoms with Gasteiger partial charge in [-0.1, -0.05) is 11.6 Å². The van der Waals surface area contributed by atoms with Crippen molar-refractivity contribution >= 4 is 49.9 Å². The van der Waals surface area contributed by atoms with Crippen molar-refractivity contribution in [1.82, 2.24) is 0 Å². The largest absolute Gasteiger partial charge is 0.489 e. The van der Waals surface area contributed by atoms with Crippen LogP contribution in [0.1, 0.15) is 5.56 Å². The van der Waals surface area contributed by atoms with Crippen LogP contribution in [-0.4, -0.2) is 17.2 Å². The second kappa shape index (κ2) is 3.66. The quantitative estimate of drug-likeness (QED) is 0.774. The highest BCUT2D eigenvalue weighted by atomic mass is 79.9. The molecule has 2 nitrogen and oxygen atoms in total. The molecule has 1 heterocycles. The summed E-state index contributed by atoms with van der Waals surface area (Å²) in [7, 11) is -1.40. The summed E-state index contributed by atoms with van der Waals surface area (Å²) in [6, 6.07) is 3.83. The molecule has 0 radical (unpaired) electrons. The van der Waals surface area contributed by atoms with Gasteiger partial charge in [-0.05, 0) is 28.9 Å². The maximum absolute atomic E-state index is 9.20. The van der Waals surface area contributed by atoms with Crippen LogP contribution in [0.25, 0.3) is 10.1 Å². The molecule has 0 saturated heterocycles. The fourth-order valence-electron chi connectivity index (χ4n) is 1.48. The molecule has 0 spiro atoms. The second-order valence-electron chi connectivity index (χ2n) is 3.19. The molecule has 72 valence electrons. The van der Waals surface area contributed by atoms with Gasteiger partial charge in [0.05, 0.1) is 0 Å². The Morgan fingerprint density at radius 1 is 1.36 bits per heavy atom. The van der Waals surface area contributed by atoms with Crippen molar-refractivity contribution in [2.24, 2.45) is 0 Å². The van der Waals surface area contributed by atoms with Gasteiger partial charge in [0.25, 0.3) is 0 Å². The second-order valence-corrected chi connectivity index (χ2v) is 4.92. The van der Waals surface area contributed by atoms with E-state index in [-0.39, 0.29) is 0 Å². The Balaban J connectivity index is 2.82. The van der Waals surface area contributed by atoms with E-state index < -0.39 is 7.12 Å². The zero-order valence-electron chi connectivity index (χ0n) is 7.49. The third kappa shape index (κ3) is 1.61. The van der Waals surface area contributed by atoms with Crippen molar-refractivity contribution in [2.75, 3.05) is 0 Å². The van der Waals surface area contributed by atoms with E-state index in [1.54, 1.807) is 6.07 Å². The molecule has 1 aromatic heterocycles. The van der Waals surface area contributed by atoms with Crippen LogP contribution < -0.4 is 5.46 Å². The summed E-state index contributed by atoms with van der Waals surface area (Å²) in [5, 5.41) is 21.4. The average Bonchev–Trinajstić information content (AvgIpc) is 2.47. The SMILES string of the molecule is Cc1cc(B(O)O)c2scc(Br)c2c1. The van der Waals surface area contributed by atoms with E-state index >= 15 is 0 Å². The fraction of sp³-hybridized carbons (Fsp3) is 0.111. The molecule has 14 heavy (non-hydrogen) atoms. The lowest BCUT2D eigenvalue weighted by molar-refractivity contribution is 0.426. The highest BCUT2D eigenvalue weighted by molar-refractivity contribution is 9.10. The van der Waals surface area contributed by atoms with E-state index in [2.05, 4.69) is 15.9 Å². The lowest BCUT2D eigenvalue weighted by atomic mass is 9.79. The van der Waals surface area contributed by atoms with Gasteiger partial charge in [0.2, 0.25) is 0 Å². The van der Waals surface area contributed by atoms with Gasteiger partial charge in [0.15, 0.2) is 0 Å². The van der Waals surface area contributed by atoms with Crippen LogP contribution >= 0.6 is 27.3 Å². The van der Waals surface area contributed by atoms with Gasteiger partial charge in [-0.25, -0.2) is 0 Å². The molecule has 0 aliphatic carbocycles. The Hall–Kier alpha value is -0.355. The first-order valence-corrected chi connectivity index (χ1v) is 5.80. The summed E-state index contributed by atoms with van der Waals surface area (Å²) in [5.74, 6) is 0. The van der Waals surface area contributed by atoms with Crippen LogP contribution in [0.5, 0.6) is 0 Å². The molecule has 0 atom stereocenters. The van der Waals surface area contributed by atoms with Crippen LogP contribution in [0.3, 0.4) is 0 Å². The van der Waals surface area contributed by atoms with E-state index in [1.165, 1.54) is 11.3 Å². The van der Waals surface area contributed by atoms with E-state index in [1.807, 2.05) is 18.4 Å². The van der Waals surface area contributed by atoms with Crippen molar-refractivity contribution in [3.05, 3.63) is 27.5 Å². The van der Waals surface area contributed by atoms with Crippen LogP contribution in [-0.2, 0) is 0 Å². The zero-order valence-corrected chi connectivity index (χ0v) is 9.89. The fourth-order valence-corrected chi connectivity index (χ4v) is 3.14. The van der Waals surface area contributed by atoms with E-state index in [9.17, 15) is 10.0 Å². The normalized spacial score (nSPS) is 10.9. The summed E-state index contributed by atoms with van der Waals surface area (Å²) in [6.45, 7) is 1.94. The number of benzene rings is 1. The van der Waals surface area contributed by atoms with Gasteiger partial charge in [0, 0.05) is 25.4 Å². The molecule has 2 N–H and O–H groups in total. The molecule has 0 fully saturated rings. The number of hydrogen-bond donors (Lipinski definition) is 2. The monoisotopic (exact) mass is 270 g/mol. The zero-order chi connectivity index (χ0) is 10.3. The van der Waals surface area contributed by atoms with Gasteiger partial charge in [-0.15, -0.1) is 11.3 Å². The number of hydrogen-bond acceptors (Lipinski definition) is 3. The first-order valence-electron chi connectivity index (χ1n) is 4.13. The predicted octanol–water partition coefficient (Wildman–Crippen LogP) is 1.65. The molecule has 0 amide bonds. The third-order valence-electron chi connectivity index (χ3n) is 2.08. The minimum Gasteiger partial charge on any atom is -0.423 e. The number of halogens is 1. The maximum Gasteiger partial charge on any atom is 0.489 e. The van der Waals surface area contributed by atoms with Crippen LogP contribution in [0.2, 0.25) is 0 Å². The topological polar surface area (TPSA) is 40.5 Å². The Morgan fingerprint density at radius 2 is 2.07 bits per heavy atom. The highest BCUT2D eigenvalue weighted by Crippen LogP contribution is 2.29. The van der Waals surface area contributed by atoms with Crippen LogP contribution in [0, 0.1) is 6.92 Å². The Morgan fingerprint density at radius 3 is 2.71 bits per heavy atom. The Bertz CT molecular complexity index is 481. The number of thiophene rings is 1. The molecule has 0 unspecified atom stereocenters. The lowest BCUT2D eigenvalue weighted by Crippen LogP contribution is -2.30. The smallest absolute Gasteiger partial charge is 0.423 e. The first kappa shape index (κ1) is 10.2. The first-order chi connectivity index (χ1) is 6.59. The molecule has 2 rings (SSSR count). The average molecular weight is 271 g/mol. The molecular formula is C9H8BBrO2S. The van der Waals surface area contributed by atoms with Gasteiger partial charge in [-0.2, -0.15) is 0 Å². The van der Waals surface area contributed by atoms with E-state index in [0.717, 1.165) is 20.1 Å². The molecule has 2 aromatic rings. The molecule has 0 bridgehead atoms. The van der Waals surface area contributed by atoms with E-state index in [0.29, 0.717) is 5.46 Å². The third-order valence-corrected chi connectivity index (χ3v) is 4.08. The summed E-state index contributed by atoms with van der Waals surface area (Å²) in [4.78, 5) is 0. The lowest BCUT2D eigenvalue weighted by Gasteiger charge is -2.03. The van der Waals surface area contributed by atoms with Gasteiger partial charge in [0.1, 0.15) is 0 Å². The van der Waals surface area contributed by atoms with Gasteiger partial charge in [-0.3, -0.25) is 0 Å². The molecule has 1 aromatic carbocycles. The van der Waals surface area contributed by atoms with Crippen LogP contribution in [0.4, 0.5) is 0 Å². The van der Waals surface area contributed by atoms with Crippen molar-refractivity contribution in [2.45, 2.75) is 6.92 Å². The summed E-state index contributed by atoms with van der Waals surface area (Å²) >= 11 is 4.94. The summed E-state index contributed by atoms with van der Waals surface area (Å²) in [6.07, 6.45) is 0. The van der Waals surface area contributed by atoms with Gasteiger partial charge < -0.3 is 10.0 Å². The summed E-state index contributed by atoms with van der Waals surface area (Å²) < 4.78 is 1.93. The minimum absolute atomic E-state index is 0.579. The minimum atomic E-state index is -1.40. The van der Waals surface area contributed by atoms with Crippen molar-refractivity contribution in [1.29, 1.82) is 0 Å².